The molecular weight excluding hydrogens is 1380 g/mol. The third kappa shape index (κ3) is 11.5. The molecule has 2 amide bonds. The average molecular weight is 1450 g/mol. The predicted octanol–water partition coefficient (Wildman–Crippen LogP) is 6.77. The number of carbonyl (C=O) groups is 6. The Morgan fingerprint density at radius 3 is 1.54 bits per heavy atom. The number of methoxy groups -OCH3 is 2. The second kappa shape index (κ2) is 26.4. The molecule has 14 rings (SSSR count). The molecule has 10 aliphatic rings. The molecule has 4 fully saturated rings. The predicted molar refractivity (Wildman–Crippen MR) is 340 cm³/mol. The van der Waals surface area contributed by atoms with Crippen LogP contribution in [0.2, 0.25) is 0 Å². The number of ether oxygens (including phenoxy) is 10. The van der Waals surface area contributed by atoms with Gasteiger partial charge in [-0.2, -0.15) is 36.9 Å². The van der Waals surface area contributed by atoms with Gasteiger partial charge in [-0.25, -0.2) is 9.59 Å². The van der Waals surface area contributed by atoms with Crippen LogP contribution in [-0.2, 0) is 51.1 Å². The summed E-state index contributed by atoms with van der Waals surface area (Å²) in [4.78, 5) is 82.1. The van der Waals surface area contributed by atoms with Gasteiger partial charge in [0.2, 0.25) is 13.6 Å². The van der Waals surface area contributed by atoms with Crippen LogP contribution in [0.3, 0.4) is 0 Å². The first kappa shape index (κ1) is 70.4. The van der Waals surface area contributed by atoms with Crippen LogP contribution in [0.25, 0.3) is 0 Å². The molecule has 4 saturated heterocycles. The van der Waals surface area contributed by atoms with Crippen LogP contribution in [0, 0.1) is 50.4 Å². The van der Waals surface area contributed by atoms with Gasteiger partial charge in [-0.15, -0.1) is 30.1 Å². The Balaban J connectivity index is 0.000000181. The second-order valence-electron chi connectivity index (χ2n) is 25.7. The van der Waals surface area contributed by atoms with E-state index < -0.39 is 156 Å². The number of fused-ring (bicyclic) bond motifs is 18. The van der Waals surface area contributed by atoms with Crippen LogP contribution in [0.5, 0.6) is 57.5 Å². The van der Waals surface area contributed by atoms with E-state index in [9.17, 15) is 75.8 Å². The maximum absolute atomic E-state index is 13.4. The van der Waals surface area contributed by atoms with Gasteiger partial charge >= 0.3 is 48.0 Å². The summed E-state index contributed by atoms with van der Waals surface area (Å²) in [7, 11) is 2.88. The average Bonchev–Trinajstić information content (AvgIpc) is 1.45. The van der Waals surface area contributed by atoms with Crippen molar-refractivity contribution in [3.63, 3.8) is 0 Å². The van der Waals surface area contributed by atoms with E-state index in [4.69, 9.17) is 47.4 Å². The molecule has 0 saturated carbocycles. The van der Waals surface area contributed by atoms with Gasteiger partial charge < -0.3 is 73.5 Å². The van der Waals surface area contributed by atoms with Gasteiger partial charge in [0.15, 0.2) is 46.0 Å². The number of nitrogens with one attached hydrogen (secondary N) is 3. The number of nitrogens with zero attached hydrogens (tertiary/aromatic N) is 5. The summed E-state index contributed by atoms with van der Waals surface area (Å²) < 4.78 is 138. The van der Waals surface area contributed by atoms with Crippen molar-refractivity contribution in [2.45, 2.75) is 150 Å². The lowest BCUT2D eigenvalue weighted by molar-refractivity contribution is -0.176. The Kier molecular flexibility index (Phi) is 18.4. The van der Waals surface area contributed by atoms with Gasteiger partial charge in [0.1, 0.15) is 48.9 Å². The fourth-order valence-electron chi connectivity index (χ4n) is 16.5. The number of halogens is 6. The molecule has 10 aliphatic heterocycles. The number of alkyl halides is 6. The summed E-state index contributed by atoms with van der Waals surface area (Å²) in [5.41, 5.74) is 6.60. The molecule has 101 heavy (non-hydrogen) atoms. The monoisotopic (exact) mass is 1450 g/mol. The number of aromatic hydroxyl groups is 2. The zero-order valence-electron chi connectivity index (χ0n) is 55.1. The van der Waals surface area contributed by atoms with E-state index >= 15 is 0 Å². The largest absolute Gasteiger partial charge is 0.504 e. The van der Waals surface area contributed by atoms with Gasteiger partial charge in [-0.3, -0.25) is 33.9 Å². The number of aryl methyl sites for hydroxylation is 2. The van der Waals surface area contributed by atoms with Crippen LogP contribution in [-0.4, -0.2) is 180 Å². The summed E-state index contributed by atoms with van der Waals surface area (Å²) >= 11 is 2.05. The molecule has 5 N–H and O–H groups in total. The Hall–Kier alpha value is -9.06. The molecule has 26 nitrogen and oxygen atoms in total. The minimum Gasteiger partial charge on any atom is -0.504 e. The number of cyclic esters (lactones) is 2. The van der Waals surface area contributed by atoms with Crippen LogP contribution >= 0.6 is 23.5 Å². The minimum absolute atomic E-state index is 0.104. The summed E-state index contributed by atoms with van der Waals surface area (Å²) in [5.74, 6) is -7.16. The van der Waals surface area contributed by atoms with Crippen molar-refractivity contribution < 1.29 is 113 Å². The van der Waals surface area contributed by atoms with Crippen LogP contribution in [0.1, 0.15) is 115 Å². The van der Waals surface area contributed by atoms with Gasteiger partial charge in [0.25, 0.3) is 0 Å². The van der Waals surface area contributed by atoms with Gasteiger partial charge in [-0.05, 0) is 62.8 Å². The van der Waals surface area contributed by atoms with Crippen molar-refractivity contribution in [1.82, 2.24) is 30.7 Å². The molecule has 10 heterocycles. The maximum Gasteiger partial charge on any atom is 0.471 e. The van der Waals surface area contributed by atoms with E-state index in [0.29, 0.717) is 91.5 Å². The zero-order valence-corrected chi connectivity index (χ0v) is 56.8. The molecule has 8 bridgehead atoms. The molecule has 14 atom stereocenters. The number of nitriles is 2. The number of phenolic OH excluding ortho intramolecular Hbond substituents is 2. The molecule has 0 spiro atoms. The van der Waals surface area contributed by atoms with Crippen molar-refractivity contribution in [3.8, 4) is 69.6 Å². The second-order valence-corrected chi connectivity index (χ2v) is 28.1. The number of carbonyl (C=O) groups excluding carboxylic acids is 6. The topological polar surface area (TPSA) is 329 Å². The first-order valence-electron chi connectivity index (χ1n) is 31.9. The number of piperazine rings is 2. The number of benzene rings is 4. The molecule has 4 aromatic carbocycles. The first-order valence-corrected chi connectivity index (χ1v) is 33.9. The smallest absolute Gasteiger partial charge is 0.471 e. The van der Waals surface area contributed by atoms with Crippen molar-refractivity contribution in [1.29, 1.82) is 10.5 Å². The maximum atomic E-state index is 13.4. The number of hydrogen-bond donors (Lipinski definition) is 5. The van der Waals surface area contributed by atoms with Crippen molar-refractivity contribution in [2.75, 3.05) is 59.1 Å². The Bertz CT molecular complexity index is 4300. The number of rotatable bonds is 8. The van der Waals surface area contributed by atoms with E-state index in [2.05, 4.69) is 28.9 Å². The normalized spacial score (nSPS) is 28.0. The molecule has 0 radical (unpaired) electrons. The highest BCUT2D eigenvalue weighted by Gasteiger charge is 2.63. The summed E-state index contributed by atoms with van der Waals surface area (Å²) in [6.45, 7) is 12.4. The van der Waals surface area contributed by atoms with E-state index in [0.717, 1.165) is 34.7 Å². The Morgan fingerprint density at radius 2 is 1.10 bits per heavy atom. The quantitative estimate of drug-likeness (QED) is 0.0526. The van der Waals surface area contributed by atoms with E-state index in [1.165, 1.54) is 28.1 Å². The van der Waals surface area contributed by atoms with Crippen LogP contribution in [0.15, 0.2) is 24.8 Å². The zero-order chi connectivity index (χ0) is 72.5. The number of amides is 2. The van der Waals surface area contributed by atoms with Crippen LogP contribution < -0.4 is 53.8 Å². The number of hydrogen-bond acceptors (Lipinski definition) is 26. The number of phenols is 2. The lowest BCUT2D eigenvalue weighted by atomic mass is 9.71. The summed E-state index contributed by atoms with van der Waals surface area (Å²) in [5, 5.41) is 50.7. The van der Waals surface area contributed by atoms with Crippen molar-refractivity contribution in [2.24, 2.45) is 0 Å². The summed E-state index contributed by atoms with van der Waals surface area (Å²) in [6, 6.07) is -2.21. The van der Waals surface area contributed by atoms with Gasteiger partial charge in [0.05, 0.1) is 61.0 Å². The van der Waals surface area contributed by atoms with E-state index in [1.807, 2.05) is 21.9 Å². The minimum atomic E-state index is -5.27. The third-order valence-corrected chi connectivity index (χ3v) is 22.9. The summed E-state index contributed by atoms with van der Waals surface area (Å²) in [6.07, 6.45) is -8.13. The third-order valence-electron chi connectivity index (χ3n) is 20.1. The van der Waals surface area contributed by atoms with Crippen LogP contribution in [0.4, 0.5) is 26.3 Å². The Morgan fingerprint density at radius 1 is 0.653 bits per heavy atom. The molecule has 0 aromatic heterocycles. The SMILES string of the molecule is C=CCN1[C@@H]2c3c(cc(C)c(OC)c3O)C[C@H]1[C@H](C#N)N1C2[C@@H]2SCC(NC(=O)C(F)(F)F)C(=O)OC[C@H]1c1c3c(c(C)c(OC(C)=O)c12)OCO3.COc1c(C)cc2c(c1O)[C@H]1N[C@@H](C2)[C@H](C#N)N2C1[C@@H]1SCC(NC(=O)C(F)(F)F)C(=O)OC[C@H]2c2c3c(c(C)c(OC(C)=O)c21)OCO3. The van der Waals surface area contributed by atoms with E-state index in [-0.39, 0.29) is 54.6 Å². The standard InChI is InChI=1S/C35H35F3N4O9S.C32H31F3N4O9S/c1-6-7-41-19-9-17-8-14(2)28(47-5)27(44)22(17)25(41)26-32-24-23(31-30(49-13-50-31)15(3)29(24)51-16(4)43)21(42(26)20(19)10-39)11-48-33(45)18(12-52-32)40-34(46)35(36,37)38;1-11-5-14-6-15-17(7-36)39-18-8-45-30(42)16(38-31(43)32(33,34)35)9-49-29(23(39)22(37-15)19(14)24(41)25(11)44-4)21-20(18)28-27(46-10-47-28)12(2)26(21)48-13(3)40/h6,8,18-21,25-26,32,44H,1,7,9,11-13H2,2-5H3,(H,40,46);5,15-18,22-23,29,37,41H,6,8-10H2,1-4H3,(H,38,43)/t18?,19-,20-,21-,25+,26?,32+;15-,16?,17-,18-,22+,23?,29+/m00/s1. The number of esters is 4. The molecule has 34 heteroatoms. The molecule has 4 aromatic rings. The van der Waals surface area contributed by atoms with Gasteiger partial charge in [0, 0.05) is 101 Å². The van der Waals surface area contributed by atoms with Crippen molar-refractivity contribution in [3.05, 3.63) is 91.5 Å². The number of thioether (sulfide) groups is 2. The highest BCUT2D eigenvalue weighted by Crippen LogP contribution is 2.66. The van der Waals surface area contributed by atoms with E-state index in [1.54, 1.807) is 44.4 Å². The molecule has 536 valence electrons. The fourth-order valence-corrected chi connectivity index (χ4v) is 19.5. The lowest BCUT2D eigenvalue weighted by Gasteiger charge is -2.62. The highest BCUT2D eigenvalue weighted by atomic mass is 32.2. The lowest BCUT2D eigenvalue weighted by Crippen LogP contribution is -2.70. The van der Waals surface area contributed by atoms with Crippen molar-refractivity contribution >= 4 is 59.2 Å². The Labute approximate surface area is 580 Å². The molecule has 0 aliphatic carbocycles. The molecule has 4 unspecified atom stereocenters. The fraction of sp³-hybridized carbons (Fsp3) is 0.493. The highest BCUT2D eigenvalue weighted by molar-refractivity contribution is 7.99. The molecular formula is C67H66F6N8O18S2. The first-order chi connectivity index (χ1) is 48.0. The van der Waals surface area contributed by atoms with Gasteiger partial charge in [-0.1, -0.05) is 18.2 Å².